The molecule has 0 radical (unpaired) electrons. The van der Waals surface area contributed by atoms with Gasteiger partial charge in [0.25, 0.3) is 0 Å². The largest absolute Gasteiger partial charge is 0.464 e. The number of aromatic nitrogens is 6. The number of aryl methyl sites for hydroxylation is 1. The van der Waals surface area contributed by atoms with E-state index in [0.29, 0.717) is 12.4 Å². The molecule has 0 aliphatic carbocycles. The molecule has 0 aliphatic rings. The van der Waals surface area contributed by atoms with Crippen molar-refractivity contribution in [3.8, 4) is 22.5 Å². The molecule has 0 atom stereocenters. The predicted molar refractivity (Wildman–Crippen MR) is 116 cm³/mol. The van der Waals surface area contributed by atoms with Crippen LogP contribution in [-0.4, -0.2) is 43.3 Å². The molecule has 9 nitrogen and oxygen atoms in total. The number of tetrazole rings is 1. The Bertz CT molecular complexity index is 1180. The first-order valence-corrected chi connectivity index (χ1v) is 9.97. The van der Waals surface area contributed by atoms with Crippen LogP contribution in [0.1, 0.15) is 35.2 Å². The number of methoxy groups -OCH3 is 1. The van der Waals surface area contributed by atoms with Gasteiger partial charge in [0.05, 0.1) is 7.11 Å². The van der Waals surface area contributed by atoms with Gasteiger partial charge in [-0.2, -0.15) is 5.21 Å². The fourth-order valence-electron chi connectivity index (χ4n) is 3.59. The SMILES string of the molecule is CCCc1nc(N)c(C(=O)OC)n1Cc1ccc(-c2ccccc2-c2nn[nH]n2)cc1. The van der Waals surface area contributed by atoms with Crippen molar-refractivity contribution in [1.82, 2.24) is 30.2 Å². The van der Waals surface area contributed by atoms with Crippen LogP contribution in [0.15, 0.2) is 48.5 Å². The van der Waals surface area contributed by atoms with Crippen molar-refractivity contribution >= 4 is 11.8 Å². The zero-order valence-electron chi connectivity index (χ0n) is 17.4. The summed E-state index contributed by atoms with van der Waals surface area (Å²) in [5.41, 5.74) is 10.2. The molecule has 9 heteroatoms. The van der Waals surface area contributed by atoms with E-state index in [0.717, 1.165) is 40.9 Å². The molecule has 4 rings (SSSR count). The number of nitrogen functional groups attached to an aromatic ring is 1. The number of anilines is 1. The number of esters is 1. The minimum Gasteiger partial charge on any atom is -0.464 e. The van der Waals surface area contributed by atoms with Crippen LogP contribution >= 0.6 is 0 Å². The number of H-pyrrole nitrogens is 1. The third kappa shape index (κ3) is 4.02. The summed E-state index contributed by atoms with van der Waals surface area (Å²) in [6.45, 7) is 2.53. The summed E-state index contributed by atoms with van der Waals surface area (Å²) in [5, 5.41) is 14.3. The van der Waals surface area contributed by atoms with E-state index in [9.17, 15) is 4.79 Å². The van der Waals surface area contributed by atoms with E-state index in [1.807, 2.05) is 53.1 Å². The number of ether oxygens (including phenoxy) is 1. The number of carbonyl (C=O) groups is 1. The number of nitrogens with one attached hydrogen (secondary N) is 1. The van der Waals surface area contributed by atoms with Crippen LogP contribution in [0.3, 0.4) is 0 Å². The van der Waals surface area contributed by atoms with Gasteiger partial charge in [-0.3, -0.25) is 0 Å². The lowest BCUT2D eigenvalue weighted by atomic mass is 9.98. The zero-order chi connectivity index (χ0) is 21.8. The number of nitrogens with zero attached hydrogens (tertiary/aromatic N) is 5. The molecule has 4 aromatic rings. The summed E-state index contributed by atoms with van der Waals surface area (Å²) in [4.78, 5) is 16.7. The Hall–Kier alpha value is -4.01. The van der Waals surface area contributed by atoms with Crippen molar-refractivity contribution in [1.29, 1.82) is 0 Å². The number of hydrogen-bond donors (Lipinski definition) is 2. The van der Waals surface area contributed by atoms with Crippen LogP contribution in [0.2, 0.25) is 0 Å². The molecular formula is C22H23N7O2. The molecule has 0 saturated carbocycles. The number of imidazole rings is 1. The van der Waals surface area contributed by atoms with Crippen molar-refractivity contribution in [3.63, 3.8) is 0 Å². The van der Waals surface area contributed by atoms with Crippen LogP contribution in [0.5, 0.6) is 0 Å². The second-order valence-electron chi connectivity index (χ2n) is 7.07. The number of rotatable bonds is 7. The van der Waals surface area contributed by atoms with Gasteiger partial charge in [-0.25, -0.2) is 9.78 Å². The smallest absolute Gasteiger partial charge is 0.358 e. The molecule has 0 bridgehead atoms. The lowest BCUT2D eigenvalue weighted by Crippen LogP contribution is -2.15. The first-order valence-electron chi connectivity index (χ1n) is 9.97. The minimum atomic E-state index is -0.488. The van der Waals surface area contributed by atoms with Gasteiger partial charge >= 0.3 is 5.97 Å². The van der Waals surface area contributed by atoms with Crippen molar-refractivity contribution < 1.29 is 9.53 Å². The van der Waals surface area contributed by atoms with Crippen LogP contribution in [0.25, 0.3) is 22.5 Å². The summed E-state index contributed by atoms with van der Waals surface area (Å²) in [6, 6.07) is 16.0. The lowest BCUT2D eigenvalue weighted by molar-refractivity contribution is 0.0590. The standard InChI is InChI=1S/C22H23N7O2/c1-3-6-18-24-20(23)19(22(30)31-2)29(18)13-14-9-11-15(12-10-14)16-7-4-5-8-17(16)21-25-27-28-26-21/h4-5,7-12H,3,6,13,23H2,1-2H3,(H,25,26,27,28). The summed E-state index contributed by atoms with van der Waals surface area (Å²) in [6.07, 6.45) is 1.61. The lowest BCUT2D eigenvalue weighted by Gasteiger charge is -2.12. The zero-order valence-corrected chi connectivity index (χ0v) is 17.4. The van der Waals surface area contributed by atoms with E-state index < -0.39 is 5.97 Å². The van der Waals surface area contributed by atoms with E-state index in [1.54, 1.807) is 0 Å². The predicted octanol–water partition coefficient (Wildman–Crippen LogP) is 3.10. The van der Waals surface area contributed by atoms with Crippen LogP contribution < -0.4 is 5.73 Å². The van der Waals surface area contributed by atoms with Gasteiger partial charge in [0.2, 0.25) is 5.82 Å². The average molecular weight is 417 g/mol. The van der Waals surface area contributed by atoms with Crippen molar-refractivity contribution in [2.24, 2.45) is 0 Å². The Labute approximate surface area is 179 Å². The highest BCUT2D eigenvalue weighted by Gasteiger charge is 2.22. The number of aromatic amines is 1. The molecule has 158 valence electrons. The Morgan fingerprint density at radius 1 is 1.13 bits per heavy atom. The first kappa shape index (κ1) is 20.3. The molecule has 0 saturated heterocycles. The molecule has 0 fully saturated rings. The quantitative estimate of drug-likeness (QED) is 0.443. The summed E-state index contributed by atoms with van der Waals surface area (Å²) < 4.78 is 6.75. The Morgan fingerprint density at radius 2 is 1.87 bits per heavy atom. The molecule has 2 heterocycles. The highest BCUT2D eigenvalue weighted by molar-refractivity contribution is 5.92. The minimum absolute atomic E-state index is 0.195. The fourth-order valence-corrected chi connectivity index (χ4v) is 3.59. The third-order valence-corrected chi connectivity index (χ3v) is 5.04. The Morgan fingerprint density at radius 3 is 2.52 bits per heavy atom. The number of carbonyl (C=O) groups excluding carboxylic acids is 1. The van der Waals surface area contributed by atoms with Gasteiger partial charge in [0, 0.05) is 18.5 Å². The summed E-state index contributed by atoms with van der Waals surface area (Å²) in [7, 11) is 1.34. The molecule has 0 amide bonds. The van der Waals surface area contributed by atoms with Gasteiger partial charge in [0.1, 0.15) is 5.82 Å². The summed E-state index contributed by atoms with van der Waals surface area (Å²) in [5.74, 6) is 1.02. The van der Waals surface area contributed by atoms with Gasteiger partial charge in [0.15, 0.2) is 11.5 Å². The van der Waals surface area contributed by atoms with E-state index in [4.69, 9.17) is 10.5 Å². The van der Waals surface area contributed by atoms with Crippen molar-refractivity contribution in [2.45, 2.75) is 26.3 Å². The second kappa shape index (κ2) is 8.78. The molecule has 31 heavy (non-hydrogen) atoms. The van der Waals surface area contributed by atoms with Gasteiger partial charge in [-0.1, -0.05) is 55.5 Å². The Kier molecular flexibility index (Phi) is 5.74. The van der Waals surface area contributed by atoms with E-state index in [1.165, 1.54) is 7.11 Å². The molecular weight excluding hydrogens is 394 g/mol. The van der Waals surface area contributed by atoms with Crippen molar-refractivity contribution in [3.05, 3.63) is 65.6 Å². The van der Waals surface area contributed by atoms with Crippen LogP contribution in [-0.2, 0) is 17.7 Å². The van der Waals surface area contributed by atoms with Crippen molar-refractivity contribution in [2.75, 3.05) is 12.8 Å². The molecule has 3 N–H and O–H groups in total. The molecule has 0 spiro atoms. The Balaban J connectivity index is 1.66. The van der Waals surface area contributed by atoms with E-state index in [2.05, 4.69) is 32.5 Å². The molecule has 0 aliphatic heterocycles. The molecule has 0 unspecified atom stereocenters. The molecule has 2 aromatic heterocycles. The van der Waals surface area contributed by atoms with E-state index in [-0.39, 0.29) is 11.5 Å². The fraction of sp³-hybridized carbons (Fsp3) is 0.227. The summed E-state index contributed by atoms with van der Waals surface area (Å²) >= 11 is 0. The van der Waals surface area contributed by atoms with Crippen LogP contribution in [0.4, 0.5) is 5.82 Å². The van der Waals surface area contributed by atoms with Gasteiger partial charge < -0.3 is 15.0 Å². The highest BCUT2D eigenvalue weighted by Crippen LogP contribution is 2.30. The van der Waals surface area contributed by atoms with Gasteiger partial charge in [-0.15, -0.1) is 10.2 Å². The molecule has 2 aromatic carbocycles. The normalized spacial score (nSPS) is 10.9. The maximum absolute atomic E-state index is 12.3. The maximum atomic E-state index is 12.3. The third-order valence-electron chi connectivity index (χ3n) is 5.04. The van der Waals surface area contributed by atoms with Gasteiger partial charge in [-0.05, 0) is 28.3 Å². The first-order chi connectivity index (χ1) is 15.1. The van der Waals surface area contributed by atoms with E-state index >= 15 is 0 Å². The monoisotopic (exact) mass is 417 g/mol. The topological polar surface area (TPSA) is 125 Å². The number of benzene rings is 2. The highest BCUT2D eigenvalue weighted by atomic mass is 16.5. The average Bonchev–Trinajstić information content (AvgIpc) is 3.43. The second-order valence-corrected chi connectivity index (χ2v) is 7.07. The van der Waals surface area contributed by atoms with Crippen LogP contribution in [0, 0.1) is 0 Å². The number of hydrogen-bond acceptors (Lipinski definition) is 7. The maximum Gasteiger partial charge on any atom is 0.358 e. The number of nitrogens with two attached hydrogens (primary N) is 1.